The Bertz CT molecular complexity index is 1620. The van der Waals surface area contributed by atoms with E-state index in [9.17, 15) is 14.4 Å². The van der Waals surface area contributed by atoms with Gasteiger partial charge >= 0.3 is 0 Å². The van der Waals surface area contributed by atoms with Gasteiger partial charge in [-0.15, -0.1) is 11.3 Å². The molecule has 2 aliphatic rings. The molecule has 0 aromatic carbocycles. The third-order valence-corrected chi connectivity index (χ3v) is 8.62. The van der Waals surface area contributed by atoms with Crippen molar-refractivity contribution in [1.82, 2.24) is 29.3 Å². The Balaban J connectivity index is 1.31. The second-order valence-corrected chi connectivity index (χ2v) is 10.9. The highest BCUT2D eigenvalue weighted by Crippen LogP contribution is 2.34. The van der Waals surface area contributed by atoms with E-state index in [4.69, 9.17) is 0 Å². The van der Waals surface area contributed by atoms with E-state index in [-0.39, 0.29) is 35.4 Å². The molecule has 4 aromatic rings. The van der Waals surface area contributed by atoms with Gasteiger partial charge in [-0.1, -0.05) is 17.8 Å². The Morgan fingerprint density at radius 3 is 2.89 bits per heavy atom. The average molecular weight is 522 g/mol. The van der Waals surface area contributed by atoms with Crippen molar-refractivity contribution in [3.05, 3.63) is 66.8 Å². The van der Waals surface area contributed by atoms with Gasteiger partial charge in [-0.25, -0.2) is 9.97 Å². The Morgan fingerprint density at radius 1 is 1.25 bits per heavy atom. The Labute approximate surface area is 213 Å². The first-order chi connectivity index (χ1) is 17.4. The maximum atomic E-state index is 13.2. The molecule has 1 aliphatic heterocycles. The molecule has 0 bridgehead atoms. The maximum absolute atomic E-state index is 13.2. The molecule has 10 nitrogen and oxygen atoms in total. The van der Waals surface area contributed by atoms with E-state index in [0.717, 1.165) is 35.4 Å². The first-order valence-corrected chi connectivity index (χ1v) is 13.5. The molecular formula is C24H23N7O3S2. The van der Waals surface area contributed by atoms with Crippen LogP contribution in [-0.2, 0) is 17.6 Å². The molecule has 5 heterocycles. The first-order valence-electron chi connectivity index (χ1n) is 11.7. The second-order valence-electron chi connectivity index (χ2n) is 8.97. The normalized spacial score (nSPS) is 16.2. The first kappa shape index (κ1) is 22.9. The van der Waals surface area contributed by atoms with Crippen molar-refractivity contribution in [2.75, 3.05) is 11.1 Å². The van der Waals surface area contributed by atoms with E-state index in [1.165, 1.54) is 27.8 Å². The van der Waals surface area contributed by atoms with Crippen LogP contribution in [0.25, 0.3) is 16.5 Å². The monoisotopic (exact) mass is 521 g/mol. The van der Waals surface area contributed by atoms with Crippen LogP contribution in [0.3, 0.4) is 0 Å². The lowest BCUT2D eigenvalue weighted by Gasteiger charge is -2.15. The number of carbonyl (C=O) groups excluding carboxylic acids is 1. The number of thioether (sulfide) groups is 1. The number of hydrogen-bond acceptors (Lipinski definition) is 8. The highest BCUT2D eigenvalue weighted by Gasteiger charge is 2.31. The van der Waals surface area contributed by atoms with Crippen LogP contribution in [0.2, 0.25) is 0 Å². The van der Waals surface area contributed by atoms with Gasteiger partial charge in [0.05, 0.1) is 16.6 Å². The van der Waals surface area contributed by atoms with Gasteiger partial charge in [0, 0.05) is 35.1 Å². The van der Waals surface area contributed by atoms with E-state index in [1.807, 2.05) is 17.5 Å². The fourth-order valence-corrected chi connectivity index (χ4v) is 6.45. The number of rotatable bonds is 5. The number of aromatic nitrogens is 6. The van der Waals surface area contributed by atoms with Crippen molar-refractivity contribution in [3.63, 3.8) is 0 Å². The summed E-state index contributed by atoms with van der Waals surface area (Å²) in [5, 5.41) is 10.2. The lowest BCUT2D eigenvalue weighted by molar-refractivity contribution is -0.116. The van der Waals surface area contributed by atoms with Gasteiger partial charge in [-0.3, -0.25) is 23.9 Å². The van der Waals surface area contributed by atoms with Gasteiger partial charge in [0.1, 0.15) is 11.5 Å². The van der Waals surface area contributed by atoms with Gasteiger partial charge < -0.3 is 5.32 Å². The molecule has 0 radical (unpaired) electrons. The molecular weight excluding hydrogens is 498 g/mol. The van der Waals surface area contributed by atoms with Crippen LogP contribution in [-0.4, -0.2) is 41.0 Å². The number of aromatic amines is 1. The fourth-order valence-electron chi connectivity index (χ4n) is 4.62. The third-order valence-electron chi connectivity index (χ3n) is 6.63. The predicted octanol–water partition coefficient (Wildman–Crippen LogP) is 3.02. The van der Waals surface area contributed by atoms with Crippen LogP contribution < -0.4 is 16.4 Å². The van der Waals surface area contributed by atoms with Crippen molar-refractivity contribution in [1.29, 1.82) is 0 Å². The Hall–Kier alpha value is -3.51. The van der Waals surface area contributed by atoms with Crippen molar-refractivity contribution >= 4 is 34.8 Å². The number of H-pyrrole nitrogens is 1. The number of nitrogens with one attached hydrogen (secondary N) is 2. The molecule has 0 spiro atoms. The van der Waals surface area contributed by atoms with Crippen LogP contribution in [0.4, 0.5) is 5.82 Å². The lowest BCUT2D eigenvalue weighted by Crippen LogP contribution is -2.30. The number of amides is 1. The molecule has 1 atom stereocenters. The molecule has 0 fully saturated rings. The molecule has 1 amide bonds. The van der Waals surface area contributed by atoms with Crippen molar-refractivity contribution in [2.45, 2.75) is 50.7 Å². The van der Waals surface area contributed by atoms with Crippen LogP contribution in [0.5, 0.6) is 0 Å². The quantitative estimate of drug-likeness (QED) is 0.387. The highest BCUT2D eigenvalue weighted by atomic mass is 32.2. The fraction of sp³-hybridized carbons (Fsp3) is 0.333. The predicted molar refractivity (Wildman–Crippen MR) is 138 cm³/mol. The largest absolute Gasteiger partial charge is 0.310 e. The number of anilines is 1. The molecule has 184 valence electrons. The molecule has 36 heavy (non-hydrogen) atoms. The average Bonchev–Trinajstić information content (AvgIpc) is 3.64. The minimum absolute atomic E-state index is 0.0165. The van der Waals surface area contributed by atoms with Gasteiger partial charge in [0.2, 0.25) is 11.9 Å². The molecule has 0 saturated heterocycles. The van der Waals surface area contributed by atoms with Crippen LogP contribution in [0.15, 0.2) is 38.3 Å². The number of fused-ring (bicyclic) bond motifs is 2. The summed E-state index contributed by atoms with van der Waals surface area (Å²) in [5.41, 5.74) is 3.17. The van der Waals surface area contributed by atoms with Crippen LogP contribution in [0.1, 0.15) is 41.4 Å². The summed E-state index contributed by atoms with van der Waals surface area (Å²) < 4.78 is 3.13. The van der Waals surface area contributed by atoms with Gasteiger partial charge in [-0.05, 0) is 44.6 Å². The topological polar surface area (TPSA) is 128 Å². The summed E-state index contributed by atoms with van der Waals surface area (Å²) in [6.07, 6.45) is 2.66. The van der Waals surface area contributed by atoms with Crippen molar-refractivity contribution in [2.24, 2.45) is 0 Å². The molecule has 1 aliphatic carbocycles. The highest BCUT2D eigenvalue weighted by molar-refractivity contribution is 7.99. The zero-order valence-corrected chi connectivity index (χ0v) is 21.3. The van der Waals surface area contributed by atoms with Crippen LogP contribution >= 0.6 is 23.1 Å². The van der Waals surface area contributed by atoms with E-state index >= 15 is 0 Å². The second kappa shape index (κ2) is 8.86. The van der Waals surface area contributed by atoms with E-state index in [1.54, 1.807) is 24.5 Å². The molecule has 0 saturated carbocycles. The van der Waals surface area contributed by atoms with Crippen LogP contribution in [0, 0.1) is 13.8 Å². The van der Waals surface area contributed by atoms with E-state index < -0.39 is 0 Å². The summed E-state index contributed by atoms with van der Waals surface area (Å²) in [5.74, 6) is 0.967. The summed E-state index contributed by atoms with van der Waals surface area (Å²) in [6, 6.07) is 5.34. The molecule has 2 N–H and O–H groups in total. The summed E-state index contributed by atoms with van der Waals surface area (Å²) in [6.45, 7) is 3.46. The summed E-state index contributed by atoms with van der Waals surface area (Å²) in [4.78, 5) is 51.5. The van der Waals surface area contributed by atoms with Gasteiger partial charge in [-0.2, -0.15) is 9.78 Å². The lowest BCUT2D eigenvalue weighted by atomic mass is 10.2. The minimum atomic E-state index is -0.274. The molecule has 1 unspecified atom stereocenters. The number of aryl methyl sites for hydroxylation is 2. The maximum Gasteiger partial charge on any atom is 0.257 e. The summed E-state index contributed by atoms with van der Waals surface area (Å²) in [7, 11) is 0. The SMILES string of the molecule is Cc1nc(-n2nc(-c3cccs3)cc2NC(=O)CC2CSc3nc4c(c(=O)n32)CCC4)[nH]c(=O)c1C. The molecule has 6 rings (SSSR count). The van der Waals surface area contributed by atoms with Gasteiger partial charge in [0.25, 0.3) is 11.1 Å². The third kappa shape index (κ3) is 3.90. The number of hydrogen-bond donors (Lipinski definition) is 2. The van der Waals surface area contributed by atoms with E-state index in [0.29, 0.717) is 33.7 Å². The van der Waals surface area contributed by atoms with E-state index in [2.05, 4.69) is 25.4 Å². The Kier molecular flexibility index (Phi) is 5.64. The number of carbonyl (C=O) groups is 1. The van der Waals surface area contributed by atoms with Gasteiger partial charge in [0.15, 0.2) is 5.16 Å². The number of thiophene rings is 1. The molecule has 12 heteroatoms. The zero-order chi connectivity index (χ0) is 25.0. The number of nitrogens with zero attached hydrogens (tertiary/aromatic N) is 5. The summed E-state index contributed by atoms with van der Waals surface area (Å²) >= 11 is 3.04. The Morgan fingerprint density at radius 2 is 2.11 bits per heavy atom. The van der Waals surface area contributed by atoms with Crippen molar-refractivity contribution in [3.8, 4) is 16.5 Å². The molecule has 4 aromatic heterocycles. The van der Waals surface area contributed by atoms with Crippen molar-refractivity contribution < 1.29 is 4.79 Å². The minimum Gasteiger partial charge on any atom is -0.310 e. The smallest absolute Gasteiger partial charge is 0.257 e. The standard InChI is InChI=1S/C24H23N7O3S2/c1-12-13(2)25-23(28-21(12)33)31-19(10-17(29-31)18-7-4-8-35-18)27-20(32)9-14-11-36-24-26-16-6-3-5-15(16)22(34)30(14)24/h4,7-8,10,14H,3,5-6,9,11H2,1-2H3,(H,27,32)(H,25,28,33). The zero-order valence-electron chi connectivity index (χ0n) is 19.7.